The minimum atomic E-state index is -2.13. The smallest absolute Gasteiger partial charge is 0.140 e. The van der Waals surface area contributed by atoms with Gasteiger partial charge in [0.2, 0.25) is 0 Å². The van der Waals surface area contributed by atoms with E-state index in [1.54, 1.807) is 0 Å². The van der Waals surface area contributed by atoms with Gasteiger partial charge in [-0.15, -0.1) is 0 Å². The van der Waals surface area contributed by atoms with Crippen LogP contribution in [0.5, 0.6) is 0 Å². The van der Waals surface area contributed by atoms with Gasteiger partial charge in [0.1, 0.15) is 10.7 Å². The summed E-state index contributed by atoms with van der Waals surface area (Å²) in [6.07, 6.45) is 5.45. The first-order valence-corrected chi connectivity index (χ1v) is 6.43. The van der Waals surface area contributed by atoms with Crippen molar-refractivity contribution in [3.05, 3.63) is 0 Å². The molecule has 0 unspecified atom stereocenters. The third-order valence-corrected chi connectivity index (χ3v) is 2.72. The van der Waals surface area contributed by atoms with Gasteiger partial charge in [-0.2, -0.15) is 0 Å². The Labute approximate surface area is 78.5 Å². The van der Waals surface area contributed by atoms with Crippen LogP contribution in [-0.2, 0) is 10.7 Å². The summed E-state index contributed by atoms with van der Waals surface area (Å²) in [6.45, 7) is 0. The number of alkyl halides is 1. The van der Waals surface area contributed by atoms with E-state index >= 15 is 0 Å². The van der Waals surface area contributed by atoms with Crippen molar-refractivity contribution in [1.82, 2.24) is 0 Å². The van der Waals surface area contributed by atoms with Gasteiger partial charge in [0.15, 0.2) is 0 Å². The maximum atomic E-state index is 10.1. The molecule has 2 nitrogen and oxygen atoms in total. The van der Waals surface area contributed by atoms with E-state index in [9.17, 15) is 8.42 Å². The van der Waals surface area contributed by atoms with Crippen LogP contribution in [0.2, 0.25) is 0 Å². The summed E-state index contributed by atoms with van der Waals surface area (Å²) in [4.78, 5) is 0. The molecule has 4 heteroatoms. The number of halogens is 1. The normalized spacial score (nSPS) is 10.7. The molecule has 0 amide bonds. The molecule has 0 heterocycles. The summed E-state index contributed by atoms with van der Waals surface area (Å²) >= 11 is 3.34. The van der Waals surface area contributed by atoms with E-state index in [0.29, 0.717) is 5.75 Å². The number of hydrogen-bond acceptors (Lipinski definition) is 2. The van der Waals surface area contributed by atoms with Gasteiger partial charge < -0.3 is 0 Å². The standard InChI is InChI=1S/C7H15BrO2S/c8-6-4-2-1-3-5-7-11(9)10/h11H,1-7H2. The third kappa shape index (κ3) is 10.4. The first kappa shape index (κ1) is 11.4. The van der Waals surface area contributed by atoms with Crippen molar-refractivity contribution in [3.63, 3.8) is 0 Å². The third-order valence-electron chi connectivity index (χ3n) is 1.47. The number of thiol groups is 1. The summed E-state index contributed by atoms with van der Waals surface area (Å²) in [5.74, 6) is 0.365. The van der Waals surface area contributed by atoms with Crippen LogP contribution in [0.15, 0.2) is 0 Å². The Balaban J connectivity index is 2.90. The lowest BCUT2D eigenvalue weighted by atomic mass is 10.2. The van der Waals surface area contributed by atoms with Crippen LogP contribution >= 0.6 is 15.9 Å². The zero-order chi connectivity index (χ0) is 8.53. The second kappa shape index (κ2) is 8.53. The molecule has 0 spiro atoms. The molecule has 0 atom stereocenters. The van der Waals surface area contributed by atoms with Crippen molar-refractivity contribution in [2.24, 2.45) is 0 Å². The molecule has 0 saturated carbocycles. The molecule has 0 rings (SSSR count). The van der Waals surface area contributed by atoms with E-state index < -0.39 is 10.7 Å². The predicted octanol–water partition coefficient (Wildman–Crippen LogP) is 1.94. The average molecular weight is 243 g/mol. The first-order chi connectivity index (χ1) is 5.27. The van der Waals surface area contributed by atoms with Crippen LogP contribution in [0, 0.1) is 0 Å². The molecule has 0 aliphatic rings. The largest absolute Gasteiger partial charge is 0.232 e. The molecular weight excluding hydrogens is 228 g/mol. The molecule has 0 bridgehead atoms. The van der Waals surface area contributed by atoms with Gasteiger partial charge in [0, 0.05) is 11.1 Å². The molecule has 0 fully saturated rings. The molecule has 0 aromatic heterocycles. The molecular formula is C7H15BrO2S. The van der Waals surface area contributed by atoms with Crippen LogP contribution in [0.3, 0.4) is 0 Å². The quantitative estimate of drug-likeness (QED) is 0.421. The monoisotopic (exact) mass is 242 g/mol. The zero-order valence-electron chi connectivity index (χ0n) is 6.59. The van der Waals surface area contributed by atoms with Gasteiger partial charge >= 0.3 is 0 Å². The van der Waals surface area contributed by atoms with Crippen molar-refractivity contribution < 1.29 is 8.42 Å². The number of rotatable bonds is 7. The molecule has 68 valence electrons. The molecule has 0 radical (unpaired) electrons. The molecule has 0 aliphatic heterocycles. The molecule has 0 aromatic carbocycles. The van der Waals surface area contributed by atoms with E-state index in [1.807, 2.05) is 0 Å². The minimum absolute atomic E-state index is 0.365. The van der Waals surface area contributed by atoms with Gasteiger partial charge in [-0.1, -0.05) is 35.2 Å². The van der Waals surface area contributed by atoms with Crippen molar-refractivity contribution in [2.75, 3.05) is 11.1 Å². The van der Waals surface area contributed by atoms with Crippen LogP contribution in [0.1, 0.15) is 32.1 Å². The fourth-order valence-electron chi connectivity index (χ4n) is 0.866. The van der Waals surface area contributed by atoms with Crippen molar-refractivity contribution in [3.8, 4) is 0 Å². The number of hydrogen-bond donors (Lipinski definition) is 1. The second-order valence-electron chi connectivity index (χ2n) is 2.51. The molecule has 0 N–H and O–H groups in total. The molecule has 0 aliphatic carbocycles. The highest BCUT2D eigenvalue weighted by Crippen LogP contribution is 2.04. The highest BCUT2D eigenvalue weighted by atomic mass is 79.9. The van der Waals surface area contributed by atoms with Gasteiger partial charge in [-0.05, 0) is 12.8 Å². The van der Waals surface area contributed by atoms with Crippen LogP contribution in [0.25, 0.3) is 0 Å². The van der Waals surface area contributed by atoms with Crippen molar-refractivity contribution in [1.29, 1.82) is 0 Å². The van der Waals surface area contributed by atoms with Crippen LogP contribution in [0.4, 0.5) is 0 Å². The summed E-state index contributed by atoms with van der Waals surface area (Å²) in [5, 5.41) is 1.06. The maximum absolute atomic E-state index is 10.1. The highest BCUT2D eigenvalue weighted by Gasteiger charge is 1.90. The maximum Gasteiger partial charge on any atom is 0.140 e. The topological polar surface area (TPSA) is 34.1 Å². The SMILES string of the molecule is O=[SH](=O)CCCCCCCBr. The van der Waals surface area contributed by atoms with Crippen LogP contribution < -0.4 is 0 Å². The molecule has 11 heavy (non-hydrogen) atoms. The molecule has 0 aromatic rings. The summed E-state index contributed by atoms with van der Waals surface area (Å²) in [5.41, 5.74) is 0. The summed E-state index contributed by atoms with van der Waals surface area (Å²) < 4.78 is 20.2. The van der Waals surface area contributed by atoms with Crippen molar-refractivity contribution >= 4 is 26.6 Å². The minimum Gasteiger partial charge on any atom is -0.232 e. The summed E-state index contributed by atoms with van der Waals surface area (Å²) in [6, 6.07) is 0. The van der Waals surface area contributed by atoms with E-state index in [-0.39, 0.29) is 0 Å². The fraction of sp³-hybridized carbons (Fsp3) is 1.00. The Hall–Kier alpha value is 0.430. The van der Waals surface area contributed by atoms with E-state index in [2.05, 4.69) is 15.9 Å². The van der Waals surface area contributed by atoms with Gasteiger partial charge in [-0.25, -0.2) is 8.42 Å². The Morgan fingerprint density at radius 1 is 0.909 bits per heavy atom. The van der Waals surface area contributed by atoms with Gasteiger partial charge in [0.05, 0.1) is 0 Å². The lowest BCUT2D eigenvalue weighted by molar-refractivity contribution is 0.604. The Morgan fingerprint density at radius 2 is 1.45 bits per heavy atom. The van der Waals surface area contributed by atoms with E-state index in [4.69, 9.17) is 0 Å². The zero-order valence-corrected chi connectivity index (χ0v) is 9.07. The lowest BCUT2D eigenvalue weighted by Crippen LogP contribution is -1.87. The fourth-order valence-corrected chi connectivity index (χ4v) is 1.74. The first-order valence-electron chi connectivity index (χ1n) is 3.95. The summed E-state index contributed by atoms with van der Waals surface area (Å²) in [7, 11) is -2.13. The van der Waals surface area contributed by atoms with Crippen LogP contribution in [-0.4, -0.2) is 19.5 Å². The Kier molecular flexibility index (Phi) is 8.86. The van der Waals surface area contributed by atoms with E-state index in [0.717, 1.165) is 24.6 Å². The second-order valence-corrected chi connectivity index (χ2v) is 4.42. The Morgan fingerprint density at radius 3 is 2.00 bits per heavy atom. The van der Waals surface area contributed by atoms with Gasteiger partial charge in [-0.3, -0.25) is 0 Å². The van der Waals surface area contributed by atoms with Crippen molar-refractivity contribution in [2.45, 2.75) is 32.1 Å². The van der Waals surface area contributed by atoms with E-state index in [1.165, 1.54) is 12.8 Å². The predicted molar refractivity (Wildman–Crippen MR) is 52.1 cm³/mol. The highest BCUT2D eigenvalue weighted by molar-refractivity contribution is 9.09. The molecule has 0 saturated heterocycles. The average Bonchev–Trinajstić information content (AvgIpc) is 1.96. The number of unbranched alkanes of at least 4 members (excludes halogenated alkanes) is 4. The Bertz CT molecular complexity index is 137. The lowest BCUT2D eigenvalue weighted by Gasteiger charge is -1.95. The van der Waals surface area contributed by atoms with Gasteiger partial charge in [0.25, 0.3) is 0 Å².